The second-order valence-electron chi connectivity index (χ2n) is 5.05. The van der Waals surface area contributed by atoms with Crippen LogP contribution in [0.3, 0.4) is 0 Å². The van der Waals surface area contributed by atoms with Crippen LogP contribution in [-0.4, -0.2) is 34.7 Å². The van der Waals surface area contributed by atoms with Crippen LogP contribution in [-0.2, 0) is 6.54 Å². The smallest absolute Gasteiger partial charge is 0.293 e. The molecule has 1 fully saturated rings. The highest BCUT2D eigenvalue weighted by Crippen LogP contribution is 2.34. The molecule has 2 N–H and O–H groups in total. The lowest BCUT2D eigenvalue weighted by Crippen LogP contribution is -2.39. The summed E-state index contributed by atoms with van der Waals surface area (Å²) in [7, 11) is 2.05. The molecule has 1 aliphatic rings. The molecular formula is C13H18N4O2. The Morgan fingerprint density at radius 2 is 2.37 bits per heavy atom. The monoisotopic (exact) mass is 262 g/mol. The first-order chi connectivity index (χ1) is 9.28. The van der Waals surface area contributed by atoms with Crippen molar-refractivity contribution in [2.24, 2.45) is 11.7 Å². The Hall–Kier alpha value is -1.66. The summed E-state index contributed by atoms with van der Waals surface area (Å²) in [6.07, 6.45) is 4.13. The van der Waals surface area contributed by atoms with Gasteiger partial charge in [-0.3, -0.25) is 4.90 Å². The Labute approximate surface area is 111 Å². The Kier molecular flexibility index (Phi) is 3.35. The topological polar surface area (TPSA) is 81.3 Å². The first-order valence-electron chi connectivity index (χ1n) is 6.54. The third-order valence-electron chi connectivity index (χ3n) is 3.56. The van der Waals surface area contributed by atoms with Gasteiger partial charge in [-0.15, -0.1) is 0 Å². The minimum Gasteiger partial charge on any atom is -0.459 e. The fraction of sp³-hybridized carbons (Fsp3) is 0.538. The van der Waals surface area contributed by atoms with E-state index in [4.69, 9.17) is 14.7 Å². The Morgan fingerprint density at radius 1 is 1.53 bits per heavy atom. The fourth-order valence-electron chi connectivity index (χ4n) is 2.37. The number of furan rings is 1. The highest BCUT2D eigenvalue weighted by Gasteiger charge is 2.33. The summed E-state index contributed by atoms with van der Waals surface area (Å²) in [6, 6.07) is 4.00. The van der Waals surface area contributed by atoms with E-state index in [1.165, 1.54) is 12.8 Å². The van der Waals surface area contributed by atoms with Crippen LogP contribution >= 0.6 is 0 Å². The van der Waals surface area contributed by atoms with Crippen LogP contribution in [0.25, 0.3) is 11.7 Å². The predicted molar refractivity (Wildman–Crippen MR) is 69.0 cm³/mol. The molecule has 2 aromatic rings. The van der Waals surface area contributed by atoms with Gasteiger partial charge < -0.3 is 14.7 Å². The van der Waals surface area contributed by atoms with E-state index < -0.39 is 0 Å². The number of nitrogens with zero attached hydrogens (tertiary/aromatic N) is 3. The highest BCUT2D eigenvalue weighted by molar-refractivity contribution is 5.42. The molecule has 1 aliphatic carbocycles. The molecule has 19 heavy (non-hydrogen) atoms. The maximum atomic E-state index is 5.83. The van der Waals surface area contributed by atoms with Crippen LogP contribution in [0, 0.1) is 5.92 Å². The van der Waals surface area contributed by atoms with Crippen LogP contribution < -0.4 is 5.73 Å². The summed E-state index contributed by atoms with van der Waals surface area (Å²) in [5.41, 5.74) is 5.83. The van der Waals surface area contributed by atoms with E-state index in [0.717, 1.165) is 5.92 Å². The molecule has 0 saturated heterocycles. The molecule has 6 heteroatoms. The summed E-state index contributed by atoms with van der Waals surface area (Å²) >= 11 is 0. The van der Waals surface area contributed by atoms with Crippen molar-refractivity contribution in [2.75, 3.05) is 13.6 Å². The molecular weight excluding hydrogens is 244 g/mol. The molecule has 2 heterocycles. The molecule has 6 nitrogen and oxygen atoms in total. The summed E-state index contributed by atoms with van der Waals surface area (Å²) in [5.74, 6) is 2.41. The van der Waals surface area contributed by atoms with Crippen molar-refractivity contribution in [1.82, 2.24) is 15.0 Å². The quantitative estimate of drug-likeness (QED) is 0.849. The van der Waals surface area contributed by atoms with E-state index in [-0.39, 0.29) is 0 Å². The van der Waals surface area contributed by atoms with Gasteiger partial charge in [0.05, 0.1) is 12.8 Å². The van der Waals surface area contributed by atoms with Gasteiger partial charge in [0.1, 0.15) is 0 Å². The van der Waals surface area contributed by atoms with Gasteiger partial charge in [-0.25, -0.2) is 0 Å². The number of nitrogens with two attached hydrogens (primary N) is 1. The SMILES string of the molecule is CN(Cc1noc(-c2ccco2)n1)C(CN)C1CC1. The molecule has 0 aliphatic heterocycles. The van der Waals surface area contributed by atoms with Crippen LogP contribution in [0.5, 0.6) is 0 Å². The summed E-state index contributed by atoms with van der Waals surface area (Å²) in [6.45, 7) is 1.31. The minimum absolute atomic E-state index is 0.408. The molecule has 2 aromatic heterocycles. The van der Waals surface area contributed by atoms with Crippen molar-refractivity contribution in [3.63, 3.8) is 0 Å². The number of likely N-dealkylation sites (N-methyl/N-ethyl adjacent to an activating group) is 1. The zero-order valence-corrected chi connectivity index (χ0v) is 11.0. The first kappa shape index (κ1) is 12.4. The Balaban J connectivity index is 1.66. The van der Waals surface area contributed by atoms with Crippen LogP contribution in [0.15, 0.2) is 27.3 Å². The molecule has 0 radical (unpaired) electrons. The van der Waals surface area contributed by atoms with Gasteiger partial charge in [0.15, 0.2) is 11.6 Å². The van der Waals surface area contributed by atoms with E-state index in [0.29, 0.717) is 36.6 Å². The van der Waals surface area contributed by atoms with Gasteiger partial charge in [0, 0.05) is 12.6 Å². The molecule has 3 rings (SSSR count). The van der Waals surface area contributed by atoms with E-state index in [1.54, 1.807) is 18.4 Å². The molecule has 1 saturated carbocycles. The van der Waals surface area contributed by atoms with Crippen LogP contribution in [0.2, 0.25) is 0 Å². The van der Waals surface area contributed by atoms with Crippen molar-refractivity contribution >= 4 is 0 Å². The normalized spacial score (nSPS) is 17.0. The van der Waals surface area contributed by atoms with Gasteiger partial charge in [0.25, 0.3) is 5.89 Å². The molecule has 102 valence electrons. The molecule has 1 atom stereocenters. The van der Waals surface area contributed by atoms with Gasteiger partial charge in [-0.1, -0.05) is 5.16 Å². The number of aromatic nitrogens is 2. The highest BCUT2D eigenvalue weighted by atomic mass is 16.5. The summed E-state index contributed by atoms with van der Waals surface area (Å²) in [4.78, 5) is 6.54. The average molecular weight is 262 g/mol. The molecule has 0 bridgehead atoms. The number of rotatable bonds is 6. The average Bonchev–Trinajstić information content (AvgIpc) is 2.93. The largest absolute Gasteiger partial charge is 0.459 e. The van der Waals surface area contributed by atoms with Crippen molar-refractivity contribution in [3.05, 3.63) is 24.2 Å². The van der Waals surface area contributed by atoms with Gasteiger partial charge in [-0.05, 0) is 37.9 Å². The van der Waals surface area contributed by atoms with Crippen LogP contribution in [0.4, 0.5) is 0 Å². The Morgan fingerprint density at radius 3 is 3.00 bits per heavy atom. The maximum absolute atomic E-state index is 5.83. The van der Waals surface area contributed by atoms with E-state index in [2.05, 4.69) is 22.1 Å². The van der Waals surface area contributed by atoms with E-state index in [1.807, 2.05) is 0 Å². The molecule has 1 unspecified atom stereocenters. The van der Waals surface area contributed by atoms with Crippen LogP contribution in [0.1, 0.15) is 18.7 Å². The van der Waals surface area contributed by atoms with Crippen molar-refractivity contribution in [3.8, 4) is 11.7 Å². The fourth-order valence-corrected chi connectivity index (χ4v) is 2.37. The zero-order valence-electron chi connectivity index (χ0n) is 11.0. The lowest BCUT2D eigenvalue weighted by atomic mass is 10.1. The third-order valence-corrected chi connectivity index (χ3v) is 3.56. The van der Waals surface area contributed by atoms with E-state index in [9.17, 15) is 0 Å². The van der Waals surface area contributed by atoms with Gasteiger partial charge in [0.2, 0.25) is 0 Å². The third kappa shape index (κ3) is 2.69. The number of hydrogen-bond donors (Lipinski definition) is 1. The Bertz CT molecular complexity index is 518. The number of hydrogen-bond acceptors (Lipinski definition) is 6. The second kappa shape index (κ2) is 5.14. The molecule has 0 amide bonds. The van der Waals surface area contributed by atoms with Crippen molar-refractivity contribution in [2.45, 2.75) is 25.4 Å². The maximum Gasteiger partial charge on any atom is 0.293 e. The summed E-state index contributed by atoms with van der Waals surface area (Å²) in [5, 5.41) is 3.98. The zero-order chi connectivity index (χ0) is 13.2. The summed E-state index contributed by atoms with van der Waals surface area (Å²) < 4.78 is 10.4. The molecule has 0 spiro atoms. The lowest BCUT2D eigenvalue weighted by molar-refractivity contribution is 0.208. The molecule has 0 aromatic carbocycles. The second-order valence-corrected chi connectivity index (χ2v) is 5.05. The lowest BCUT2D eigenvalue weighted by Gasteiger charge is -2.25. The standard InChI is InChI=1S/C13H18N4O2/c1-17(10(7-14)9-4-5-9)8-12-15-13(19-16-12)11-3-2-6-18-11/h2-3,6,9-10H,4-5,7-8,14H2,1H3. The van der Waals surface area contributed by atoms with E-state index >= 15 is 0 Å². The first-order valence-corrected chi connectivity index (χ1v) is 6.54. The van der Waals surface area contributed by atoms with Crippen molar-refractivity contribution in [1.29, 1.82) is 0 Å². The van der Waals surface area contributed by atoms with Gasteiger partial charge in [-0.2, -0.15) is 4.98 Å². The van der Waals surface area contributed by atoms with Crippen molar-refractivity contribution < 1.29 is 8.94 Å². The minimum atomic E-state index is 0.408. The van der Waals surface area contributed by atoms with Gasteiger partial charge >= 0.3 is 0 Å². The predicted octanol–water partition coefficient (Wildman–Crippen LogP) is 1.50.